The van der Waals surface area contributed by atoms with Gasteiger partial charge < -0.3 is 4.90 Å². The summed E-state index contributed by atoms with van der Waals surface area (Å²) >= 11 is 0. The van der Waals surface area contributed by atoms with Crippen LogP contribution in [0.3, 0.4) is 0 Å². The lowest BCUT2D eigenvalue weighted by Crippen LogP contribution is -2.47. The van der Waals surface area contributed by atoms with Crippen LogP contribution in [-0.4, -0.2) is 33.8 Å². The second kappa shape index (κ2) is 4.93. The Labute approximate surface area is 120 Å². The molecule has 0 spiro atoms. The van der Waals surface area contributed by atoms with Crippen LogP contribution >= 0.6 is 0 Å². The molecule has 0 saturated carbocycles. The Hall–Kier alpha value is -1.84. The maximum atomic E-state index is 12.9. The third-order valence-corrected chi connectivity index (χ3v) is 3.90. The Morgan fingerprint density at radius 3 is 1.95 bits per heavy atom. The van der Waals surface area contributed by atoms with E-state index in [9.17, 15) is 9.59 Å². The van der Waals surface area contributed by atoms with Crippen molar-refractivity contribution in [3.8, 4) is 0 Å². The number of nitrogens with zero attached hydrogens (tertiary/aromatic N) is 2. The molecule has 1 atom stereocenters. The molecule has 0 bridgehead atoms. The molecular weight excluding hydrogens is 252 g/mol. The highest BCUT2D eigenvalue weighted by Crippen LogP contribution is 2.39. The average Bonchev–Trinajstić information content (AvgIpc) is 2.59. The fourth-order valence-corrected chi connectivity index (χ4v) is 2.95. The van der Waals surface area contributed by atoms with Crippen molar-refractivity contribution in [1.29, 1.82) is 0 Å². The summed E-state index contributed by atoms with van der Waals surface area (Å²) in [5, 5.41) is 0. The molecule has 4 nitrogen and oxygen atoms in total. The first-order valence-corrected chi connectivity index (χ1v) is 7.04. The molecular formula is C16H22N2O2. The van der Waals surface area contributed by atoms with Crippen LogP contribution in [0.4, 0.5) is 4.79 Å². The van der Waals surface area contributed by atoms with Crippen molar-refractivity contribution >= 4 is 11.9 Å². The third kappa shape index (κ3) is 1.90. The monoisotopic (exact) mass is 274 g/mol. The fourth-order valence-electron chi connectivity index (χ4n) is 2.95. The van der Waals surface area contributed by atoms with Crippen LogP contribution < -0.4 is 0 Å². The summed E-state index contributed by atoms with van der Waals surface area (Å²) < 4.78 is 0. The highest BCUT2D eigenvalue weighted by Gasteiger charge is 2.56. The molecule has 20 heavy (non-hydrogen) atoms. The van der Waals surface area contributed by atoms with E-state index in [1.54, 1.807) is 4.90 Å². The molecule has 3 amide bonds. The largest absolute Gasteiger partial charge is 0.328 e. The first-order valence-electron chi connectivity index (χ1n) is 7.04. The van der Waals surface area contributed by atoms with Gasteiger partial charge in [-0.05, 0) is 40.2 Å². The van der Waals surface area contributed by atoms with E-state index in [-0.39, 0.29) is 24.0 Å². The van der Waals surface area contributed by atoms with Gasteiger partial charge in [0.15, 0.2) is 0 Å². The van der Waals surface area contributed by atoms with Crippen molar-refractivity contribution in [2.45, 2.75) is 52.2 Å². The zero-order valence-electron chi connectivity index (χ0n) is 12.8. The highest BCUT2D eigenvalue weighted by molar-refractivity contribution is 6.07. The molecule has 1 aromatic carbocycles. The predicted octanol–water partition coefficient (Wildman–Crippen LogP) is 2.98. The second-order valence-corrected chi connectivity index (χ2v) is 5.95. The lowest BCUT2D eigenvalue weighted by Gasteiger charge is -2.35. The number of amides is 3. The predicted molar refractivity (Wildman–Crippen MR) is 78.1 cm³/mol. The summed E-state index contributed by atoms with van der Waals surface area (Å²) in [6.07, 6.45) is 0. The maximum absolute atomic E-state index is 12.9. The van der Waals surface area contributed by atoms with Crippen LogP contribution in [-0.2, 0) is 10.3 Å². The van der Waals surface area contributed by atoms with Crippen molar-refractivity contribution in [2.24, 2.45) is 0 Å². The van der Waals surface area contributed by atoms with E-state index < -0.39 is 5.54 Å². The van der Waals surface area contributed by atoms with E-state index in [4.69, 9.17) is 0 Å². The number of urea groups is 1. The molecule has 1 saturated heterocycles. The van der Waals surface area contributed by atoms with Crippen LogP contribution in [0, 0.1) is 0 Å². The quantitative estimate of drug-likeness (QED) is 0.795. The topological polar surface area (TPSA) is 40.6 Å². The minimum atomic E-state index is -0.920. The minimum Gasteiger partial charge on any atom is -0.303 e. The van der Waals surface area contributed by atoms with Gasteiger partial charge in [0.25, 0.3) is 5.91 Å². The van der Waals surface area contributed by atoms with Gasteiger partial charge in [0, 0.05) is 12.1 Å². The number of carbonyl (C=O) groups excluding carboxylic acids is 2. The van der Waals surface area contributed by atoms with Crippen LogP contribution in [0.15, 0.2) is 30.3 Å². The van der Waals surface area contributed by atoms with Crippen LogP contribution in [0.1, 0.15) is 40.2 Å². The number of benzene rings is 1. The van der Waals surface area contributed by atoms with Gasteiger partial charge in [0.2, 0.25) is 0 Å². The number of carbonyl (C=O) groups is 2. The van der Waals surface area contributed by atoms with Gasteiger partial charge in [-0.2, -0.15) is 0 Å². The fraction of sp³-hybridized carbons (Fsp3) is 0.500. The van der Waals surface area contributed by atoms with Crippen molar-refractivity contribution in [2.75, 3.05) is 0 Å². The third-order valence-electron chi connectivity index (χ3n) is 3.90. The molecule has 108 valence electrons. The number of hydrogen-bond acceptors (Lipinski definition) is 2. The summed E-state index contributed by atoms with van der Waals surface area (Å²) in [6, 6.07) is 9.14. The zero-order valence-corrected chi connectivity index (χ0v) is 12.8. The molecule has 2 rings (SSSR count). The average molecular weight is 274 g/mol. The normalized spacial score (nSPS) is 23.4. The minimum absolute atomic E-state index is 0.0413. The first kappa shape index (κ1) is 14.6. The van der Waals surface area contributed by atoms with E-state index in [0.29, 0.717) is 0 Å². The zero-order chi connectivity index (χ0) is 15.1. The molecule has 1 heterocycles. The van der Waals surface area contributed by atoms with E-state index in [1.165, 1.54) is 4.90 Å². The lowest BCUT2D eigenvalue weighted by molar-refractivity contribution is -0.134. The molecule has 0 radical (unpaired) electrons. The van der Waals surface area contributed by atoms with E-state index >= 15 is 0 Å². The Kier molecular flexibility index (Phi) is 3.59. The number of hydrogen-bond donors (Lipinski definition) is 0. The molecule has 0 aromatic heterocycles. The Morgan fingerprint density at radius 2 is 1.50 bits per heavy atom. The van der Waals surface area contributed by atoms with Crippen molar-refractivity contribution in [3.05, 3.63) is 35.9 Å². The molecule has 1 fully saturated rings. The molecule has 0 N–H and O–H groups in total. The Bertz CT molecular complexity index is 525. The summed E-state index contributed by atoms with van der Waals surface area (Å²) in [7, 11) is 0. The van der Waals surface area contributed by atoms with Gasteiger partial charge >= 0.3 is 6.03 Å². The van der Waals surface area contributed by atoms with Gasteiger partial charge in [-0.15, -0.1) is 0 Å². The summed E-state index contributed by atoms with van der Waals surface area (Å²) in [5.74, 6) is -0.141. The number of imide groups is 1. The van der Waals surface area contributed by atoms with E-state index in [1.807, 2.05) is 65.0 Å². The number of rotatable bonds is 3. The van der Waals surface area contributed by atoms with Crippen LogP contribution in [0.5, 0.6) is 0 Å². The molecule has 1 aliphatic rings. The van der Waals surface area contributed by atoms with E-state index in [0.717, 1.165) is 5.56 Å². The van der Waals surface area contributed by atoms with Gasteiger partial charge in [0.05, 0.1) is 0 Å². The van der Waals surface area contributed by atoms with Crippen molar-refractivity contribution in [1.82, 2.24) is 9.80 Å². The summed E-state index contributed by atoms with van der Waals surface area (Å²) in [6.45, 7) is 9.45. The SMILES string of the molecule is CC(C)N1C(=O)N(C(C)C)C(C)(c2ccccc2)C1=O. The van der Waals surface area contributed by atoms with Gasteiger partial charge in [-0.1, -0.05) is 30.3 Å². The van der Waals surface area contributed by atoms with Gasteiger partial charge in [0.1, 0.15) is 5.54 Å². The van der Waals surface area contributed by atoms with Crippen LogP contribution in [0.25, 0.3) is 0 Å². The van der Waals surface area contributed by atoms with Crippen LogP contribution in [0.2, 0.25) is 0 Å². The van der Waals surface area contributed by atoms with E-state index in [2.05, 4.69) is 0 Å². The molecule has 1 unspecified atom stereocenters. The van der Waals surface area contributed by atoms with Crippen molar-refractivity contribution in [3.63, 3.8) is 0 Å². The first-order chi connectivity index (χ1) is 9.31. The molecule has 4 heteroatoms. The highest BCUT2D eigenvalue weighted by atomic mass is 16.2. The second-order valence-electron chi connectivity index (χ2n) is 5.95. The summed E-state index contributed by atoms with van der Waals surface area (Å²) in [4.78, 5) is 28.5. The lowest BCUT2D eigenvalue weighted by atomic mass is 9.89. The van der Waals surface area contributed by atoms with Gasteiger partial charge in [-0.3, -0.25) is 9.69 Å². The summed E-state index contributed by atoms with van der Waals surface area (Å²) in [5.41, 5.74) is -0.0632. The molecule has 1 aromatic rings. The maximum Gasteiger partial charge on any atom is 0.328 e. The van der Waals surface area contributed by atoms with Gasteiger partial charge in [-0.25, -0.2) is 4.79 Å². The standard InChI is InChI=1S/C16H22N2O2/c1-11(2)17-14(19)16(5,13-9-7-6-8-10-13)18(12(3)4)15(17)20/h6-12H,1-5H3. The smallest absolute Gasteiger partial charge is 0.303 e. The Balaban J connectivity index is 2.60. The van der Waals surface area contributed by atoms with Crippen molar-refractivity contribution < 1.29 is 9.59 Å². The molecule has 1 aliphatic heterocycles. The molecule has 0 aliphatic carbocycles. The Morgan fingerprint density at radius 1 is 0.950 bits per heavy atom.